The molecule has 0 nitrogen and oxygen atoms in total. The van der Waals surface area contributed by atoms with Gasteiger partial charge in [0.15, 0.2) is 0 Å². The van der Waals surface area contributed by atoms with Crippen LogP contribution in [0.1, 0.15) is 103 Å². The second-order valence-corrected chi connectivity index (χ2v) is 18.2. The van der Waals surface area contributed by atoms with E-state index in [1.54, 1.807) is 26.7 Å². The smallest absolute Gasteiger partial charge is 1.00 e. The number of rotatable bonds is 10. The number of aryl methyl sites for hydroxylation is 6. The molecule has 0 N–H and O–H groups in total. The summed E-state index contributed by atoms with van der Waals surface area (Å²) < 4.78 is -0.0761. The van der Waals surface area contributed by atoms with Crippen molar-refractivity contribution < 1.29 is 57.7 Å². The van der Waals surface area contributed by atoms with E-state index in [2.05, 4.69) is 144 Å². The van der Waals surface area contributed by atoms with Crippen LogP contribution in [0.25, 0.3) is 0 Å². The fourth-order valence-corrected chi connectivity index (χ4v) is 16.1. The Kier molecular flexibility index (Phi) is 15.5. The molecule has 0 aromatic heterocycles. The molecular formula is C39H51Cl3SiTi. The minimum Gasteiger partial charge on any atom is -1.00 e. The van der Waals surface area contributed by atoms with Gasteiger partial charge in [-0.2, -0.15) is 0 Å². The van der Waals surface area contributed by atoms with Crippen LogP contribution >= 0.6 is 0 Å². The zero-order valence-electron chi connectivity index (χ0n) is 28.6. The number of halogens is 3. The number of hydrogen-bond donors (Lipinski definition) is 0. The molecule has 1 aliphatic rings. The third-order valence-electron chi connectivity index (χ3n) is 10.3. The largest absolute Gasteiger partial charge is 1.00 e. The molecule has 5 heteroatoms. The maximum Gasteiger partial charge on any atom is -1.00 e. The van der Waals surface area contributed by atoms with Crippen LogP contribution in [0.15, 0.2) is 76.9 Å². The molecule has 1 aliphatic carbocycles. The van der Waals surface area contributed by atoms with E-state index in [4.69, 9.17) is 0 Å². The van der Waals surface area contributed by atoms with Crippen LogP contribution in [0.4, 0.5) is 0 Å². The molecular weight excluding hydrogens is 651 g/mol. The summed E-state index contributed by atoms with van der Waals surface area (Å²) in [7, 11) is -2.73. The van der Waals surface area contributed by atoms with Crippen LogP contribution < -0.4 is 52.8 Å². The van der Waals surface area contributed by atoms with Crippen LogP contribution in [0, 0.1) is 0 Å². The van der Waals surface area contributed by atoms with Gasteiger partial charge in [0.25, 0.3) is 0 Å². The van der Waals surface area contributed by atoms with E-state index in [1.807, 2.05) is 0 Å². The van der Waals surface area contributed by atoms with E-state index in [0.717, 1.165) is 38.5 Å². The zero-order valence-corrected chi connectivity index (χ0v) is 33.4. The molecule has 0 saturated carbocycles. The van der Waals surface area contributed by atoms with Gasteiger partial charge in [-0.05, 0) is 0 Å². The van der Waals surface area contributed by atoms with Crippen LogP contribution in [0.2, 0.25) is 3.34 Å². The second-order valence-electron chi connectivity index (χ2n) is 12.2. The Balaban J connectivity index is 0.00000323. The molecule has 236 valence electrons. The summed E-state index contributed by atoms with van der Waals surface area (Å²) in [5, 5.41) is 4.76. The maximum absolute atomic E-state index is 2.73. The summed E-state index contributed by atoms with van der Waals surface area (Å²) in [6.07, 6.45) is 6.38. The van der Waals surface area contributed by atoms with Gasteiger partial charge in [0.05, 0.1) is 0 Å². The van der Waals surface area contributed by atoms with Gasteiger partial charge in [-0.1, -0.05) is 0 Å². The summed E-state index contributed by atoms with van der Waals surface area (Å²) in [6, 6.07) is 23.1. The van der Waals surface area contributed by atoms with Crippen molar-refractivity contribution >= 4 is 23.6 Å². The van der Waals surface area contributed by atoms with Crippen LogP contribution in [0.5, 0.6) is 0 Å². The van der Waals surface area contributed by atoms with Crippen LogP contribution in [-0.4, -0.2) is 8.07 Å². The third kappa shape index (κ3) is 6.81. The predicted molar refractivity (Wildman–Crippen MR) is 180 cm³/mol. The molecule has 44 heavy (non-hydrogen) atoms. The predicted octanol–water partition coefficient (Wildman–Crippen LogP) is -0.526. The van der Waals surface area contributed by atoms with E-state index in [9.17, 15) is 0 Å². The minimum atomic E-state index is -2.73. The SMILES string of the molecule is CCc1cc(CC)cc([Si](c2cc(CC)cc(CC)c2)(c2cc(CC)cc(CC)c2)[C]2([Ti+3])C(C)=C(C)C(C)=C2C)c1.[Cl-].[Cl-].[Cl-]. The van der Waals surface area contributed by atoms with Crippen molar-refractivity contribution in [3.8, 4) is 0 Å². The van der Waals surface area contributed by atoms with E-state index in [-0.39, 0.29) is 40.6 Å². The second kappa shape index (κ2) is 16.7. The molecule has 0 heterocycles. The van der Waals surface area contributed by atoms with Crippen molar-refractivity contribution in [2.45, 2.75) is 111 Å². The zero-order chi connectivity index (χ0) is 30.1. The number of hydrogen-bond acceptors (Lipinski definition) is 0. The average molecular weight is 702 g/mol. The van der Waals surface area contributed by atoms with Crippen molar-refractivity contribution in [3.63, 3.8) is 0 Å². The summed E-state index contributed by atoms with van der Waals surface area (Å²) >= 11 is 2.63. The molecule has 3 aromatic carbocycles. The van der Waals surface area contributed by atoms with Crippen LogP contribution in [0.3, 0.4) is 0 Å². The quantitative estimate of drug-likeness (QED) is 0.197. The first-order valence-corrected chi connectivity index (χ1v) is 18.8. The van der Waals surface area contributed by atoms with E-state index < -0.39 is 8.07 Å². The van der Waals surface area contributed by atoms with Gasteiger partial charge >= 0.3 is 265 Å². The Morgan fingerprint density at radius 1 is 0.432 bits per heavy atom. The van der Waals surface area contributed by atoms with Gasteiger partial charge in [0, 0.05) is 0 Å². The fourth-order valence-electron chi connectivity index (χ4n) is 7.28. The average Bonchev–Trinajstić information content (AvgIpc) is 3.16. The topological polar surface area (TPSA) is 0 Å². The number of allylic oxidation sites excluding steroid dienone is 4. The normalized spacial score (nSPS) is 14.3. The van der Waals surface area contributed by atoms with E-state index in [1.165, 1.54) is 44.5 Å². The fraction of sp³-hybridized carbons (Fsp3) is 0.436. The molecule has 0 fully saturated rings. The Morgan fingerprint density at radius 2 is 0.636 bits per heavy atom. The van der Waals surface area contributed by atoms with Gasteiger partial charge in [0.2, 0.25) is 0 Å². The molecule has 0 saturated heterocycles. The van der Waals surface area contributed by atoms with Crippen molar-refractivity contribution in [3.05, 3.63) is 110 Å². The molecule has 0 bridgehead atoms. The van der Waals surface area contributed by atoms with Gasteiger partial charge in [-0.3, -0.25) is 0 Å². The first kappa shape index (κ1) is 41.0. The molecule has 0 spiro atoms. The molecule has 0 amide bonds. The van der Waals surface area contributed by atoms with Gasteiger partial charge in [-0.15, -0.1) is 0 Å². The third-order valence-corrected chi connectivity index (χ3v) is 18.5. The maximum atomic E-state index is 2.63. The van der Waals surface area contributed by atoms with Gasteiger partial charge in [0.1, 0.15) is 0 Å². The van der Waals surface area contributed by atoms with Crippen molar-refractivity contribution in [2.75, 3.05) is 0 Å². The summed E-state index contributed by atoms with van der Waals surface area (Å²) in [6.45, 7) is 23.6. The van der Waals surface area contributed by atoms with Crippen molar-refractivity contribution in [1.82, 2.24) is 0 Å². The standard InChI is InChI=1S/C39H51Si.3ClH.Ti/c1-11-30-17-31(12-2)21-36(20-30)40(39-28(9)26(7)27(8)29(39)10,37-22-32(13-3)18-33(14-4)23-37)38-24-34(15-5)19-35(16-6)25-38;;;;/h17-25H,11-16H2,1-10H3;3*1H;/q;;;;+3/p-3. The van der Waals surface area contributed by atoms with Gasteiger partial charge < -0.3 is 37.2 Å². The monoisotopic (exact) mass is 700 g/mol. The van der Waals surface area contributed by atoms with E-state index in [0.29, 0.717) is 0 Å². The molecule has 3 aromatic rings. The summed E-state index contributed by atoms with van der Waals surface area (Å²) in [5.41, 5.74) is 15.0. The Labute approximate surface area is 300 Å². The molecule has 0 atom stereocenters. The van der Waals surface area contributed by atoms with Crippen molar-refractivity contribution in [2.24, 2.45) is 0 Å². The summed E-state index contributed by atoms with van der Waals surface area (Å²) in [5.74, 6) is 0. The van der Waals surface area contributed by atoms with E-state index >= 15 is 0 Å². The Morgan fingerprint density at radius 3 is 0.818 bits per heavy atom. The van der Waals surface area contributed by atoms with Gasteiger partial charge in [-0.25, -0.2) is 0 Å². The first-order valence-electron chi connectivity index (χ1n) is 16.1. The Bertz CT molecular complexity index is 1290. The molecule has 4 rings (SSSR count). The Hall–Kier alpha value is -1.06. The minimum absolute atomic E-state index is 0. The molecule has 0 radical (unpaired) electrons. The summed E-state index contributed by atoms with van der Waals surface area (Å²) in [4.78, 5) is 0. The van der Waals surface area contributed by atoms with Crippen LogP contribution in [-0.2, 0) is 59.0 Å². The first-order chi connectivity index (χ1) is 19.5. The molecule has 0 unspecified atom stereocenters. The van der Waals surface area contributed by atoms with Crippen molar-refractivity contribution in [1.29, 1.82) is 0 Å². The number of benzene rings is 3. The molecule has 0 aliphatic heterocycles.